The van der Waals surface area contributed by atoms with E-state index in [9.17, 15) is 24.9 Å². The Hall–Kier alpha value is -1.50. The Morgan fingerprint density at radius 2 is 1.82 bits per heavy atom. The molecular formula is C22H32O6. The molecule has 2 fully saturated rings. The molecule has 3 aliphatic rings. The van der Waals surface area contributed by atoms with Crippen molar-refractivity contribution >= 4 is 11.8 Å². The first-order valence-corrected chi connectivity index (χ1v) is 9.98. The molecule has 28 heavy (non-hydrogen) atoms. The number of hydrogen-bond acceptors (Lipinski definition) is 6. The molecule has 2 bridgehead atoms. The van der Waals surface area contributed by atoms with E-state index in [4.69, 9.17) is 4.74 Å². The van der Waals surface area contributed by atoms with E-state index in [0.717, 1.165) is 0 Å². The number of rotatable bonds is 1. The van der Waals surface area contributed by atoms with Gasteiger partial charge in [-0.3, -0.25) is 9.59 Å². The van der Waals surface area contributed by atoms with Gasteiger partial charge in [-0.2, -0.15) is 0 Å². The normalized spacial score (nSPS) is 43.1. The van der Waals surface area contributed by atoms with Crippen LogP contribution in [0, 0.1) is 22.7 Å². The van der Waals surface area contributed by atoms with E-state index in [1.165, 1.54) is 6.92 Å². The van der Waals surface area contributed by atoms with Crippen LogP contribution in [-0.2, 0) is 14.3 Å². The van der Waals surface area contributed by atoms with Crippen molar-refractivity contribution in [1.82, 2.24) is 0 Å². The van der Waals surface area contributed by atoms with Crippen molar-refractivity contribution in [2.24, 2.45) is 22.7 Å². The van der Waals surface area contributed by atoms with Crippen LogP contribution in [0.4, 0.5) is 0 Å². The molecule has 3 aliphatic carbocycles. The van der Waals surface area contributed by atoms with E-state index in [2.05, 4.69) is 6.58 Å². The zero-order chi connectivity index (χ0) is 21.2. The average molecular weight is 392 g/mol. The maximum absolute atomic E-state index is 12.8. The second kappa shape index (κ2) is 6.78. The largest absolute Gasteiger partial charge is 0.462 e. The minimum atomic E-state index is -1.21. The zero-order valence-electron chi connectivity index (χ0n) is 17.4. The number of esters is 1. The van der Waals surface area contributed by atoms with Crippen molar-refractivity contribution in [3.63, 3.8) is 0 Å². The lowest BCUT2D eigenvalue weighted by atomic mass is 9.49. The second-order valence-corrected chi connectivity index (χ2v) is 9.57. The van der Waals surface area contributed by atoms with Crippen molar-refractivity contribution < 1.29 is 29.6 Å². The first-order valence-electron chi connectivity index (χ1n) is 9.98. The molecule has 156 valence electrons. The number of Topliss-reactive ketones (excluding diaryl/α,β-unsaturated/α-hetero) is 1. The number of ether oxygens (including phenoxy) is 1. The van der Waals surface area contributed by atoms with Gasteiger partial charge in [0.05, 0.1) is 12.2 Å². The number of hydrogen-bond donors (Lipinski definition) is 3. The Morgan fingerprint density at radius 1 is 1.21 bits per heavy atom. The Bertz CT molecular complexity index is 750. The highest BCUT2D eigenvalue weighted by Crippen LogP contribution is 2.59. The minimum Gasteiger partial charge on any atom is -0.462 e. The summed E-state index contributed by atoms with van der Waals surface area (Å²) in [5.41, 5.74) is -0.0379. The fourth-order valence-corrected chi connectivity index (χ4v) is 6.00. The van der Waals surface area contributed by atoms with Crippen molar-refractivity contribution in [1.29, 1.82) is 0 Å². The smallest absolute Gasteiger partial charge is 0.302 e. The van der Waals surface area contributed by atoms with Gasteiger partial charge in [0.25, 0.3) is 0 Å². The van der Waals surface area contributed by atoms with Crippen molar-refractivity contribution in [2.75, 3.05) is 0 Å². The predicted molar refractivity (Wildman–Crippen MR) is 103 cm³/mol. The van der Waals surface area contributed by atoms with E-state index >= 15 is 0 Å². The van der Waals surface area contributed by atoms with E-state index in [-0.39, 0.29) is 12.2 Å². The van der Waals surface area contributed by atoms with Crippen LogP contribution in [0.2, 0.25) is 0 Å². The Labute approximate surface area is 166 Å². The fourth-order valence-electron chi connectivity index (χ4n) is 6.00. The van der Waals surface area contributed by atoms with Crippen molar-refractivity contribution in [3.05, 3.63) is 23.3 Å². The van der Waals surface area contributed by atoms with Crippen LogP contribution in [0.25, 0.3) is 0 Å². The molecule has 0 saturated heterocycles. The molecule has 0 amide bonds. The summed E-state index contributed by atoms with van der Waals surface area (Å²) in [5, 5.41) is 33.0. The number of ketones is 1. The summed E-state index contributed by atoms with van der Waals surface area (Å²) < 4.78 is 5.79. The zero-order valence-corrected chi connectivity index (χ0v) is 17.4. The third kappa shape index (κ3) is 2.88. The maximum Gasteiger partial charge on any atom is 0.302 e. The summed E-state index contributed by atoms with van der Waals surface area (Å²) in [6.07, 6.45) is -2.87. The summed E-state index contributed by atoms with van der Waals surface area (Å²) in [4.78, 5) is 24.8. The highest BCUT2D eigenvalue weighted by molar-refractivity contribution is 5.97. The molecule has 0 aromatic rings. The molecule has 3 rings (SSSR count). The molecule has 0 aliphatic heterocycles. The topological polar surface area (TPSA) is 104 Å². The molecule has 0 heterocycles. The van der Waals surface area contributed by atoms with Crippen LogP contribution < -0.4 is 0 Å². The summed E-state index contributed by atoms with van der Waals surface area (Å²) in [5.74, 6) is -1.56. The summed E-state index contributed by atoms with van der Waals surface area (Å²) in [6, 6.07) is 0. The van der Waals surface area contributed by atoms with Gasteiger partial charge >= 0.3 is 5.97 Å². The molecule has 2 saturated carbocycles. The molecule has 0 aromatic heterocycles. The van der Waals surface area contributed by atoms with Crippen LogP contribution in [-0.4, -0.2) is 51.5 Å². The number of aliphatic hydroxyl groups is 3. The molecule has 3 N–H and O–H groups in total. The highest BCUT2D eigenvalue weighted by atomic mass is 16.5. The first kappa shape index (κ1) is 21.2. The standard InChI is InChI=1S/C22H32O6/c1-10-14(24)7-8-22(6)17(10)19(28-12(3)23)13-9-15(25)11(2)16(21(13,4)5)18(26)20(22)27/h13-14,17-20,24,26-27H,1,7-9H2,2-6H3/t13-,14-,17-,18+,19+,20-,22+/m0/s1. The SMILES string of the molecule is C=C1[C@@H](O)CC[C@@]2(C)[C@@H](O)[C@H](O)C3=C(C)C(=O)C[C@@H]([C@@H](OC(C)=O)[C@H]12)C3(C)C. The van der Waals surface area contributed by atoms with E-state index in [0.29, 0.717) is 29.6 Å². The number of allylic oxidation sites excluding steroid dienone is 1. The molecule has 0 aromatic carbocycles. The van der Waals surface area contributed by atoms with Gasteiger partial charge in [-0.1, -0.05) is 27.4 Å². The Kier molecular flexibility index (Phi) is 5.14. The monoisotopic (exact) mass is 392 g/mol. The second-order valence-electron chi connectivity index (χ2n) is 9.57. The highest BCUT2D eigenvalue weighted by Gasteiger charge is 2.61. The number of carbonyl (C=O) groups is 2. The average Bonchev–Trinajstić information content (AvgIpc) is 2.59. The first-order chi connectivity index (χ1) is 12.8. The fraction of sp³-hybridized carbons (Fsp3) is 0.727. The van der Waals surface area contributed by atoms with Gasteiger partial charge < -0.3 is 20.1 Å². The quantitative estimate of drug-likeness (QED) is 0.465. The number of fused-ring (bicyclic) bond motifs is 3. The summed E-state index contributed by atoms with van der Waals surface area (Å²) >= 11 is 0. The van der Waals surface area contributed by atoms with Crippen LogP contribution in [0.1, 0.15) is 53.9 Å². The van der Waals surface area contributed by atoms with E-state index in [1.54, 1.807) is 6.92 Å². The van der Waals surface area contributed by atoms with Crippen LogP contribution in [0.5, 0.6) is 0 Å². The molecule has 6 nitrogen and oxygen atoms in total. The van der Waals surface area contributed by atoms with Gasteiger partial charge in [-0.15, -0.1) is 0 Å². The van der Waals surface area contributed by atoms with Gasteiger partial charge in [-0.05, 0) is 41.9 Å². The van der Waals surface area contributed by atoms with Gasteiger partial charge in [0.2, 0.25) is 0 Å². The third-order valence-corrected chi connectivity index (χ3v) is 7.64. The lowest BCUT2D eigenvalue weighted by molar-refractivity contribution is -0.181. The maximum atomic E-state index is 12.8. The molecule has 0 radical (unpaired) electrons. The number of carbonyl (C=O) groups excluding carboxylic acids is 2. The molecule has 6 heteroatoms. The van der Waals surface area contributed by atoms with Gasteiger partial charge in [0.15, 0.2) is 5.78 Å². The molecule has 7 atom stereocenters. The Morgan fingerprint density at radius 3 is 2.39 bits per heavy atom. The number of aliphatic hydroxyl groups excluding tert-OH is 3. The Balaban J connectivity index is 2.29. The van der Waals surface area contributed by atoms with E-state index < -0.39 is 53.1 Å². The third-order valence-electron chi connectivity index (χ3n) is 7.64. The molecule has 0 spiro atoms. The van der Waals surface area contributed by atoms with Crippen molar-refractivity contribution in [3.8, 4) is 0 Å². The van der Waals surface area contributed by atoms with Gasteiger partial charge in [0.1, 0.15) is 12.2 Å². The predicted octanol–water partition coefficient (Wildman–Crippen LogP) is 1.92. The van der Waals surface area contributed by atoms with Gasteiger partial charge in [-0.25, -0.2) is 0 Å². The van der Waals surface area contributed by atoms with Gasteiger partial charge in [0, 0.05) is 30.6 Å². The minimum absolute atomic E-state index is 0.117. The summed E-state index contributed by atoms with van der Waals surface area (Å²) in [7, 11) is 0. The van der Waals surface area contributed by atoms with E-state index in [1.807, 2.05) is 20.8 Å². The molecule has 0 unspecified atom stereocenters. The van der Waals surface area contributed by atoms with Crippen molar-refractivity contribution in [2.45, 2.75) is 78.3 Å². The lowest BCUT2D eigenvalue weighted by Gasteiger charge is -2.58. The van der Waals surface area contributed by atoms with Crippen LogP contribution >= 0.6 is 0 Å². The summed E-state index contributed by atoms with van der Waals surface area (Å²) in [6.45, 7) is 12.8. The lowest BCUT2D eigenvalue weighted by Crippen LogP contribution is -2.62. The van der Waals surface area contributed by atoms with Crippen LogP contribution in [0.15, 0.2) is 23.3 Å². The molecular weight excluding hydrogens is 360 g/mol. The van der Waals surface area contributed by atoms with Crippen LogP contribution in [0.3, 0.4) is 0 Å².